The van der Waals surface area contributed by atoms with E-state index >= 15 is 0 Å². The van der Waals surface area contributed by atoms with Gasteiger partial charge in [0.05, 0.1) is 25.4 Å². The highest BCUT2D eigenvalue weighted by atomic mass is 31.2. The van der Waals surface area contributed by atoms with E-state index in [-0.39, 0.29) is 25.7 Å². The number of phosphoric acid groups is 1. The number of unbranched alkanes of at least 4 members (excludes halogenated alkanes) is 9. The number of hydrogen-bond acceptors (Lipinski definition) is 6. The van der Waals surface area contributed by atoms with Gasteiger partial charge in [0.15, 0.2) is 0 Å². The van der Waals surface area contributed by atoms with Gasteiger partial charge in [0.25, 0.3) is 0 Å². The summed E-state index contributed by atoms with van der Waals surface area (Å²) in [6.45, 7) is 3.91. The van der Waals surface area contributed by atoms with Crippen LogP contribution in [0.2, 0.25) is 0 Å². The summed E-state index contributed by atoms with van der Waals surface area (Å²) >= 11 is 0. The molecule has 0 bridgehead atoms. The zero-order chi connectivity index (χ0) is 36.1. The predicted octanol–water partition coefficient (Wildman–Crippen LogP) is 9.88. The number of hydrogen-bond donors (Lipinski definition) is 4. The SMILES string of the molecule is CC/C=C\C/C=C\C/C=C\C/C=C\C/C=C\CCCCCC(=O)NC(COP(=O)(O)OCCN)C(O)/C=C/CC/C=C/CCCCCCC. The minimum Gasteiger partial charge on any atom is -0.387 e. The maximum absolute atomic E-state index is 12.7. The predicted molar refractivity (Wildman–Crippen MR) is 207 cm³/mol. The second-order valence-corrected chi connectivity index (χ2v) is 13.5. The van der Waals surface area contributed by atoms with Crippen molar-refractivity contribution in [2.24, 2.45) is 5.73 Å². The van der Waals surface area contributed by atoms with E-state index in [2.05, 4.69) is 92.1 Å². The first-order valence-corrected chi connectivity index (χ1v) is 20.2. The number of aliphatic hydroxyl groups is 1. The third-order valence-electron chi connectivity index (χ3n) is 7.45. The molecule has 9 heteroatoms. The molecule has 0 fully saturated rings. The van der Waals surface area contributed by atoms with Crippen LogP contribution in [0, 0.1) is 0 Å². The standard InChI is InChI=1S/C40H69N2O6P/c1-3-5-7-9-11-13-15-16-17-18-19-20-21-22-24-26-28-30-32-34-40(44)42-38(37-48-49(45,46)47-36-35-41)39(43)33-31-29-27-25-23-14-12-10-8-6-4-2/h5,7,11,13,16-17,19-20,22-25,31,33,38-39,43H,3-4,6,8-10,12,14-15,18,21,26-30,32,34-37,41H2,1-2H3,(H,42,44)(H,45,46)/b7-5-,13-11-,17-16-,20-19-,24-22-,25-23+,33-31+. The van der Waals surface area contributed by atoms with Crippen LogP contribution in [-0.4, -0.2) is 47.8 Å². The number of allylic oxidation sites excluding steroid dienone is 13. The largest absolute Gasteiger partial charge is 0.472 e. The number of nitrogens with one attached hydrogen (secondary N) is 1. The van der Waals surface area contributed by atoms with E-state index in [1.165, 1.54) is 32.1 Å². The number of aliphatic hydroxyl groups excluding tert-OH is 1. The van der Waals surface area contributed by atoms with Crippen molar-refractivity contribution in [1.29, 1.82) is 0 Å². The van der Waals surface area contributed by atoms with Crippen molar-refractivity contribution in [2.75, 3.05) is 19.8 Å². The van der Waals surface area contributed by atoms with E-state index in [1.54, 1.807) is 6.08 Å². The van der Waals surface area contributed by atoms with E-state index in [0.29, 0.717) is 12.8 Å². The van der Waals surface area contributed by atoms with Gasteiger partial charge in [-0.25, -0.2) is 4.57 Å². The summed E-state index contributed by atoms with van der Waals surface area (Å²) in [7, 11) is -4.35. The molecule has 0 saturated carbocycles. The summed E-state index contributed by atoms with van der Waals surface area (Å²) in [5.41, 5.74) is 5.34. The Morgan fingerprint density at radius 3 is 1.80 bits per heavy atom. The number of phosphoric ester groups is 1. The molecule has 0 aliphatic rings. The van der Waals surface area contributed by atoms with Gasteiger partial charge in [-0.15, -0.1) is 0 Å². The lowest BCUT2D eigenvalue weighted by Crippen LogP contribution is -2.45. The van der Waals surface area contributed by atoms with Crippen LogP contribution < -0.4 is 11.1 Å². The molecule has 0 aliphatic heterocycles. The first kappa shape index (κ1) is 46.7. The lowest BCUT2D eigenvalue weighted by Gasteiger charge is -2.23. The Labute approximate surface area is 299 Å². The molecule has 3 unspecified atom stereocenters. The zero-order valence-corrected chi connectivity index (χ0v) is 31.5. The third-order valence-corrected chi connectivity index (χ3v) is 8.44. The zero-order valence-electron chi connectivity index (χ0n) is 30.6. The smallest absolute Gasteiger partial charge is 0.387 e. The monoisotopic (exact) mass is 704 g/mol. The van der Waals surface area contributed by atoms with Gasteiger partial charge >= 0.3 is 7.82 Å². The molecule has 3 atom stereocenters. The molecule has 49 heavy (non-hydrogen) atoms. The van der Waals surface area contributed by atoms with Gasteiger partial charge < -0.3 is 21.1 Å². The summed E-state index contributed by atoms with van der Waals surface area (Å²) in [6.07, 6.45) is 46.3. The summed E-state index contributed by atoms with van der Waals surface area (Å²) in [5, 5.41) is 13.5. The summed E-state index contributed by atoms with van der Waals surface area (Å²) in [4.78, 5) is 22.6. The molecule has 0 spiro atoms. The van der Waals surface area contributed by atoms with Gasteiger partial charge in [-0.3, -0.25) is 13.8 Å². The van der Waals surface area contributed by atoms with Crippen molar-refractivity contribution in [3.63, 3.8) is 0 Å². The van der Waals surface area contributed by atoms with Gasteiger partial charge in [-0.2, -0.15) is 0 Å². The number of carbonyl (C=O) groups is 1. The second-order valence-electron chi connectivity index (χ2n) is 12.0. The number of amides is 1. The fraction of sp³-hybridized carbons (Fsp3) is 0.625. The van der Waals surface area contributed by atoms with Crippen LogP contribution in [0.4, 0.5) is 0 Å². The Bertz CT molecular complexity index is 1030. The maximum Gasteiger partial charge on any atom is 0.472 e. The van der Waals surface area contributed by atoms with Gasteiger partial charge in [0.2, 0.25) is 5.91 Å². The van der Waals surface area contributed by atoms with Crippen LogP contribution in [-0.2, 0) is 18.4 Å². The van der Waals surface area contributed by atoms with Crippen molar-refractivity contribution in [2.45, 2.75) is 142 Å². The molecule has 1 amide bonds. The highest BCUT2D eigenvalue weighted by Crippen LogP contribution is 2.43. The lowest BCUT2D eigenvalue weighted by atomic mass is 10.1. The first-order chi connectivity index (χ1) is 23.9. The summed E-state index contributed by atoms with van der Waals surface area (Å²) in [5.74, 6) is -0.242. The van der Waals surface area contributed by atoms with Crippen molar-refractivity contribution in [3.8, 4) is 0 Å². The van der Waals surface area contributed by atoms with E-state index < -0.39 is 20.0 Å². The average Bonchev–Trinajstić information content (AvgIpc) is 3.09. The Balaban J connectivity index is 4.42. The van der Waals surface area contributed by atoms with Crippen LogP contribution in [0.1, 0.15) is 129 Å². The molecular formula is C40H69N2O6P. The molecule has 0 heterocycles. The van der Waals surface area contributed by atoms with E-state index in [1.807, 2.05) is 6.08 Å². The fourth-order valence-corrected chi connectivity index (χ4v) is 5.40. The molecule has 8 nitrogen and oxygen atoms in total. The van der Waals surface area contributed by atoms with Gasteiger partial charge in [0, 0.05) is 13.0 Å². The van der Waals surface area contributed by atoms with Crippen molar-refractivity contribution in [3.05, 3.63) is 85.1 Å². The van der Waals surface area contributed by atoms with E-state index in [0.717, 1.165) is 70.6 Å². The highest BCUT2D eigenvalue weighted by Gasteiger charge is 2.26. The number of nitrogens with two attached hydrogens (primary N) is 1. The molecule has 0 aliphatic carbocycles. The van der Waals surface area contributed by atoms with Crippen LogP contribution in [0.3, 0.4) is 0 Å². The average molecular weight is 705 g/mol. The highest BCUT2D eigenvalue weighted by molar-refractivity contribution is 7.47. The molecule has 0 aromatic carbocycles. The Kier molecular flexibility index (Phi) is 33.8. The summed E-state index contributed by atoms with van der Waals surface area (Å²) < 4.78 is 22.0. The lowest BCUT2D eigenvalue weighted by molar-refractivity contribution is -0.123. The van der Waals surface area contributed by atoms with Gasteiger partial charge in [-0.05, 0) is 77.0 Å². The minimum atomic E-state index is -4.35. The Morgan fingerprint density at radius 1 is 0.694 bits per heavy atom. The molecule has 0 aromatic rings. The molecular weight excluding hydrogens is 635 g/mol. The first-order valence-electron chi connectivity index (χ1n) is 18.7. The summed E-state index contributed by atoms with van der Waals surface area (Å²) in [6, 6.07) is -0.898. The van der Waals surface area contributed by atoms with Crippen LogP contribution in [0.25, 0.3) is 0 Å². The van der Waals surface area contributed by atoms with Gasteiger partial charge in [-0.1, -0.05) is 131 Å². The van der Waals surface area contributed by atoms with Crippen LogP contribution >= 0.6 is 7.82 Å². The fourth-order valence-electron chi connectivity index (χ4n) is 4.64. The molecule has 0 aromatic heterocycles. The Hall–Kier alpha value is -2.32. The quantitative estimate of drug-likeness (QED) is 0.0304. The molecule has 0 rings (SSSR count). The Morgan fingerprint density at radius 2 is 1.20 bits per heavy atom. The number of carbonyl (C=O) groups excluding carboxylic acids is 1. The molecule has 280 valence electrons. The number of rotatable bonds is 33. The third kappa shape index (κ3) is 33.9. The topological polar surface area (TPSA) is 131 Å². The maximum atomic E-state index is 12.7. The minimum absolute atomic E-state index is 0.0633. The van der Waals surface area contributed by atoms with E-state index in [4.69, 9.17) is 14.8 Å². The second kappa shape index (κ2) is 35.5. The molecule has 5 N–H and O–H groups in total. The van der Waals surface area contributed by atoms with Crippen LogP contribution in [0.5, 0.6) is 0 Å². The van der Waals surface area contributed by atoms with Gasteiger partial charge in [0.1, 0.15) is 0 Å². The van der Waals surface area contributed by atoms with E-state index in [9.17, 15) is 19.4 Å². The molecule has 0 radical (unpaired) electrons. The van der Waals surface area contributed by atoms with Crippen molar-refractivity contribution >= 4 is 13.7 Å². The van der Waals surface area contributed by atoms with Crippen molar-refractivity contribution in [1.82, 2.24) is 5.32 Å². The van der Waals surface area contributed by atoms with Crippen molar-refractivity contribution < 1.29 is 28.4 Å². The molecule has 0 saturated heterocycles. The van der Waals surface area contributed by atoms with Crippen LogP contribution in [0.15, 0.2) is 85.1 Å². The normalized spacial score (nSPS) is 15.3.